The summed E-state index contributed by atoms with van der Waals surface area (Å²) >= 11 is 0.888. The topological polar surface area (TPSA) is 76.1 Å². The number of fused-ring (bicyclic) bond motifs is 1. The maximum atomic E-state index is 12.9. The van der Waals surface area contributed by atoms with Gasteiger partial charge in [-0.05, 0) is 60.3 Å². The Labute approximate surface area is 202 Å². The maximum Gasteiger partial charge on any atom is 0.293 e. The first-order valence-corrected chi connectivity index (χ1v) is 11.8. The van der Waals surface area contributed by atoms with E-state index in [9.17, 15) is 14.7 Å². The van der Waals surface area contributed by atoms with Gasteiger partial charge in [0.25, 0.3) is 11.1 Å². The molecule has 174 valence electrons. The number of hydrogen-bond donors (Lipinski definition) is 1. The molecule has 0 saturated carbocycles. The summed E-state index contributed by atoms with van der Waals surface area (Å²) in [5.74, 6) is 0.726. The SMILES string of the molecule is C=CCc1cc(/C=C2\SC(=O)N(CCOc3cccc4ccccc34)C2=O)cc(OCC)c1O. The van der Waals surface area contributed by atoms with Crippen molar-refractivity contribution in [1.82, 2.24) is 4.90 Å². The Morgan fingerprint density at radius 3 is 2.65 bits per heavy atom. The fourth-order valence-electron chi connectivity index (χ4n) is 3.76. The molecule has 0 aliphatic carbocycles. The lowest BCUT2D eigenvalue weighted by atomic mass is 10.1. The van der Waals surface area contributed by atoms with E-state index >= 15 is 0 Å². The van der Waals surface area contributed by atoms with E-state index in [-0.39, 0.29) is 30.0 Å². The van der Waals surface area contributed by atoms with Crippen molar-refractivity contribution in [3.05, 3.63) is 83.3 Å². The zero-order chi connectivity index (χ0) is 24.1. The largest absolute Gasteiger partial charge is 0.504 e. The minimum Gasteiger partial charge on any atom is -0.504 e. The second-order valence-corrected chi connectivity index (χ2v) is 8.60. The van der Waals surface area contributed by atoms with Gasteiger partial charge < -0.3 is 14.6 Å². The molecule has 1 saturated heterocycles. The monoisotopic (exact) mass is 475 g/mol. The van der Waals surface area contributed by atoms with Crippen molar-refractivity contribution in [2.45, 2.75) is 13.3 Å². The molecule has 0 atom stereocenters. The summed E-state index contributed by atoms with van der Waals surface area (Å²) in [6, 6.07) is 17.1. The summed E-state index contributed by atoms with van der Waals surface area (Å²) in [4.78, 5) is 27.0. The number of benzene rings is 3. The molecule has 34 heavy (non-hydrogen) atoms. The molecule has 7 heteroatoms. The first-order chi connectivity index (χ1) is 16.5. The summed E-state index contributed by atoms with van der Waals surface area (Å²) in [7, 11) is 0. The minimum absolute atomic E-state index is 0.0533. The molecule has 0 bridgehead atoms. The molecule has 0 aromatic heterocycles. The van der Waals surface area contributed by atoms with Crippen molar-refractivity contribution in [2.75, 3.05) is 19.8 Å². The second kappa shape index (κ2) is 10.5. The summed E-state index contributed by atoms with van der Waals surface area (Å²) in [5.41, 5.74) is 1.30. The van der Waals surface area contributed by atoms with E-state index in [2.05, 4.69) is 6.58 Å². The second-order valence-electron chi connectivity index (χ2n) is 7.61. The predicted octanol–water partition coefficient (Wildman–Crippen LogP) is 5.79. The summed E-state index contributed by atoms with van der Waals surface area (Å²) in [5, 5.41) is 12.1. The summed E-state index contributed by atoms with van der Waals surface area (Å²) in [6.07, 6.45) is 3.77. The maximum absolute atomic E-state index is 12.9. The van der Waals surface area contributed by atoms with Crippen molar-refractivity contribution in [1.29, 1.82) is 0 Å². The fraction of sp³-hybridized carbons (Fsp3) is 0.185. The van der Waals surface area contributed by atoms with Gasteiger partial charge in [0.1, 0.15) is 12.4 Å². The molecule has 2 amide bonds. The van der Waals surface area contributed by atoms with E-state index < -0.39 is 0 Å². The van der Waals surface area contributed by atoms with Gasteiger partial charge in [0, 0.05) is 10.9 Å². The molecule has 0 radical (unpaired) electrons. The smallest absolute Gasteiger partial charge is 0.293 e. The van der Waals surface area contributed by atoms with Crippen molar-refractivity contribution >= 4 is 39.8 Å². The van der Waals surface area contributed by atoms with Gasteiger partial charge in [-0.25, -0.2) is 0 Å². The molecule has 1 aliphatic heterocycles. The van der Waals surface area contributed by atoms with Crippen LogP contribution in [0, 0.1) is 0 Å². The van der Waals surface area contributed by atoms with Crippen molar-refractivity contribution in [3.63, 3.8) is 0 Å². The highest BCUT2D eigenvalue weighted by molar-refractivity contribution is 8.18. The molecule has 6 nitrogen and oxygen atoms in total. The van der Waals surface area contributed by atoms with Crippen LogP contribution in [0.1, 0.15) is 18.1 Å². The molecule has 1 N–H and O–H groups in total. The summed E-state index contributed by atoms with van der Waals surface area (Å²) in [6.45, 7) is 6.26. The number of phenolic OH excluding ortho intramolecular Hbond substituents is 1. The number of carbonyl (C=O) groups excluding carboxylic acids is 2. The molecule has 0 spiro atoms. The summed E-state index contributed by atoms with van der Waals surface area (Å²) < 4.78 is 11.4. The number of carbonyl (C=O) groups is 2. The first-order valence-electron chi connectivity index (χ1n) is 11.0. The van der Waals surface area contributed by atoms with Gasteiger partial charge in [0.2, 0.25) is 0 Å². The van der Waals surface area contributed by atoms with Crippen LogP contribution in [0.3, 0.4) is 0 Å². The average molecular weight is 476 g/mol. The number of thioether (sulfide) groups is 1. The lowest BCUT2D eigenvalue weighted by Gasteiger charge is -2.14. The number of rotatable bonds is 9. The molecule has 4 rings (SSSR count). The zero-order valence-corrected chi connectivity index (χ0v) is 19.6. The number of imide groups is 1. The number of nitrogens with zero attached hydrogens (tertiary/aromatic N) is 1. The third kappa shape index (κ3) is 4.94. The van der Waals surface area contributed by atoms with E-state index in [0.717, 1.165) is 22.5 Å². The molecule has 3 aromatic carbocycles. The van der Waals surface area contributed by atoms with Gasteiger partial charge in [0.15, 0.2) is 11.5 Å². The van der Waals surface area contributed by atoms with E-state index in [1.54, 1.807) is 24.3 Å². The first kappa shape index (κ1) is 23.4. The standard InChI is InChI=1S/C27H25NO5S/c1-3-8-20-15-18(16-23(25(20)29)32-4-2)17-24-26(30)28(27(31)34-24)13-14-33-22-12-7-10-19-9-5-6-11-21(19)22/h3,5-7,9-12,15-17,29H,1,4,8,13-14H2,2H3/b24-17-. The highest BCUT2D eigenvalue weighted by Gasteiger charge is 2.35. The number of ether oxygens (including phenoxy) is 2. The lowest BCUT2D eigenvalue weighted by Crippen LogP contribution is -2.32. The Bertz CT molecular complexity index is 1280. The van der Waals surface area contributed by atoms with Gasteiger partial charge in [-0.15, -0.1) is 6.58 Å². The molecule has 1 fully saturated rings. The molecule has 3 aromatic rings. The van der Waals surface area contributed by atoms with Crippen LogP contribution in [0.4, 0.5) is 4.79 Å². The number of amides is 2. The van der Waals surface area contributed by atoms with Gasteiger partial charge in [-0.2, -0.15) is 0 Å². The van der Waals surface area contributed by atoms with Crippen LogP contribution in [0.25, 0.3) is 16.8 Å². The molecular weight excluding hydrogens is 450 g/mol. The highest BCUT2D eigenvalue weighted by atomic mass is 32.2. The normalized spacial score (nSPS) is 14.7. The fourth-order valence-corrected chi connectivity index (χ4v) is 4.63. The van der Waals surface area contributed by atoms with Gasteiger partial charge in [-0.3, -0.25) is 14.5 Å². The van der Waals surface area contributed by atoms with Crippen molar-refractivity contribution in [3.8, 4) is 17.2 Å². The highest BCUT2D eigenvalue weighted by Crippen LogP contribution is 2.36. The third-order valence-electron chi connectivity index (χ3n) is 5.33. The van der Waals surface area contributed by atoms with Crippen LogP contribution in [-0.4, -0.2) is 40.9 Å². The number of hydrogen-bond acceptors (Lipinski definition) is 6. The van der Waals surface area contributed by atoms with E-state index in [0.29, 0.717) is 40.6 Å². The van der Waals surface area contributed by atoms with Crippen molar-refractivity contribution in [2.24, 2.45) is 0 Å². The Kier molecular flexibility index (Phi) is 7.23. The average Bonchev–Trinajstić information content (AvgIpc) is 3.09. The van der Waals surface area contributed by atoms with Crippen LogP contribution < -0.4 is 9.47 Å². The van der Waals surface area contributed by atoms with Gasteiger partial charge in [0.05, 0.1) is 18.1 Å². The Morgan fingerprint density at radius 1 is 1.06 bits per heavy atom. The molecule has 1 aliphatic rings. The molecule has 0 unspecified atom stereocenters. The lowest BCUT2D eigenvalue weighted by molar-refractivity contribution is -0.123. The number of aromatic hydroxyl groups is 1. The van der Waals surface area contributed by atoms with E-state index in [4.69, 9.17) is 9.47 Å². The Balaban J connectivity index is 1.48. The molecular formula is C27H25NO5S. The Morgan fingerprint density at radius 2 is 1.85 bits per heavy atom. The van der Waals surface area contributed by atoms with Crippen LogP contribution in [0.2, 0.25) is 0 Å². The minimum atomic E-state index is -0.368. The zero-order valence-electron chi connectivity index (χ0n) is 18.8. The van der Waals surface area contributed by atoms with E-state index in [1.165, 1.54) is 4.90 Å². The van der Waals surface area contributed by atoms with Crippen LogP contribution in [0.15, 0.2) is 72.2 Å². The van der Waals surface area contributed by atoms with Crippen LogP contribution in [-0.2, 0) is 11.2 Å². The predicted molar refractivity (Wildman–Crippen MR) is 135 cm³/mol. The van der Waals surface area contributed by atoms with Crippen LogP contribution >= 0.6 is 11.8 Å². The quantitative estimate of drug-likeness (QED) is 0.312. The Hall–Kier alpha value is -3.71. The van der Waals surface area contributed by atoms with Crippen molar-refractivity contribution < 1.29 is 24.2 Å². The van der Waals surface area contributed by atoms with Gasteiger partial charge >= 0.3 is 0 Å². The molecule has 1 heterocycles. The third-order valence-corrected chi connectivity index (χ3v) is 6.24. The van der Waals surface area contributed by atoms with Crippen LogP contribution in [0.5, 0.6) is 17.2 Å². The number of phenols is 1. The van der Waals surface area contributed by atoms with Gasteiger partial charge in [-0.1, -0.05) is 42.5 Å². The van der Waals surface area contributed by atoms with E-state index in [1.807, 2.05) is 49.4 Å². The number of allylic oxidation sites excluding steroid dienone is 1.